The van der Waals surface area contributed by atoms with Crippen LogP contribution in [0.3, 0.4) is 0 Å². The van der Waals surface area contributed by atoms with Gasteiger partial charge in [-0.25, -0.2) is 15.0 Å². The molecular weight excluding hydrogens is 502 g/mol. The van der Waals surface area contributed by atoms with Crippen LogP contribution >= 0.6 is 0 Å². The Morgan fingerprint density at radius 3 is 1.61 bits per heavy atom. The SMILES string of the molecule is c1ccc(-c2nc(-c3ccccc3)nc(-c3ccc4c5ccccc5c5cc6ccccc6c6oc3c4c56)n2)cc1. The quantitative estimate of drug-likeness (QED) is 0.171. The second kappa shape index (κ2) is 8.44. The van der Waals surface area contributed by atoms with Crippen LogP contribution in [0.15, 0.2) is 132 Å². The Labute approximate surface area is 234 Å². The number of aromatic nitrogens is 3. The molecule has 0 radical (unpaired) electrons. The average molecular weight is 524 g/mol. The van der Waals surface area contributed by atoms with Gasteiger partial charge in [0.25, 0.3) is 0 Å². The zero-order valence-electron chi connectivity index (χ0n) is 21.9. The maximum Gasteiger partial charge on any atom is 0.167 e. The van der Waals surface area contributed by atoms with Crippen LogP contribution in [0.1, 0.15) is 0 Å². The lowest BCUT2D eigenvalue weighted by Crippen LogP contribution is -2.00. The molecule has 0 amide bonds. The minimum absolute atomic E-state index is 0.591. The molecule has 0 spiro atoms. The van der Waals surface area contributed by atoms with Crippen LogP contribution in [0, 0.1) is 0 Å². The first kappa shape index (κ1) is 22.2. The largest absolute Gasteiger partial charge is 0.455 e. The maximum absolute atomic E-state index is 6.87. The Kier molecular flexibility index (Phi) is 4.58. The van der Waals surface area contributed by atoms with E-state index >= 15 is 0 Å². The van der Waals surface area contributed by atoms with E-state index in [1.807, 2.05) is 60.7 Å². The lowest BCUT2D eigenvalue weighted by atomic mass is 9.91. The summed E-state index contributed by atoms with van der Waals surface area (Å²) in [4.78, 5) is 14.9. The summed E-state index contributed by atoms with van der Waals surface area (Å²) in [7, 11) is 0. The zero-order chi connectivity index (χ0) is 26.9. The molecule has 0 aliphatic carbocycles. The number of fused-ring (bicyclic) bond motifs is 5. The Morgan fingerprint density at radius 2 is 0.927 bits per heavy atom. The van der Waals surface area contributed by atoms with Crippen molar-refractivity contribution in [1.29, 1.82) is 0 Å². The normalized spacial score (nSPS) is 11.9. The molecule has 0 aliphatic rings. The van der Waals surface area contributed by atoms with E-state index in [1.165, 1.54) is 21.5 Å². The first-order chi connectivity index (χ1) is 20.3. The highest BCUT2D eigenvalue weighted by molar-refractivity contribution is 6.37. The molecule has 0 bridgehead atoms. The Hall–Kier alpha value is -5.61. The van der Waals surface area contributed by atoms with E-state index in [0.717, 1.165) is 49.4 Å². The van der Waals surface area contributed by atoms with Crippen molar-refractivity contribution in [2.75, 3.05) is 0 Å². The first-order valence-corrected chi connectivity index (χ1v) is 13.7. The van der Waals surface area contributed by atoms with Gasteiger partial charge in [-0.05, 0) is 39.1 Å². The molecule has 0 atom stereocenters. The minimum atomic E-state index is 0.591. The molecular formula is C37H21N3O. The number of rotatable bonds is 3. The summed E-state index contributed by atoms with van der Waals surface area (Å²) in [5, 5.41) is 9.32. The van der Waals surface area contributed by atoms with Crippen LogP contribution in [0.4, 0.5) is 0 Å². The number of hydrogen-bond donors (Lipinski definition) is 0. The van der Waals surface area contributed by atoms with E-state index < -0.39 is 0 Å². The number of benzene rings is 7. The lowest BCUT2D eigenvalue weighted by Gasteiger charge is -2.11. The molecule has 4 heteroatoms. The van der Waals surface area contributed by atoms with Crippen LogP contribution in [-0.2, 0) is 0 Å². The maximum atomic E-state index is 6.87. The van der Waals surface area contributed by atoms with Gasteiger partial charge in [0.2, 0.25) is 0 Å². The highest BCUT2D eigenvalue weighted by atomic mass is 16.3. The predicted octanol–water partition coefficient (Wildman–Crippen LogP) is 9.67. The minimum Gasteiger partial charge on any atom is -0.455 e. The lowest BCUT2D eigenvalue weighted by molar-refractivity contribution is 0.673. The van der Waals surface area contributed by atoms with E-state index in [9.17, 15) is 0 Å². The second-order valence-electron chi connectivity index (χ2n) is 10.4. The van der Waals surface area contributed by atoms with Gasteiger partial charge in [-0.15, -0.1) is 0 Å². The van der Waals surface area contributed by atoms with Crippen LogP contribution in [0.2, 0.25) is 0 Å². The molecule has 4 nitrogen and oxygen atoms in total. The van der Waals surface area contributed by atoms with Crippen molar-refractivity contribution in [3.05, 3.63) is 127 Å². The smallest absolute Gasteiger partial charge is 0.167 e. The number of nitrogens with zero attached hydrogens (tertiary/aromatic N) is 3. The van der Waals surface area contributed by atoms with E-state index in [1.54, 1.807) is 0 Å². The van der Waals surface area contributed by atoms with Gasteiger partial charge in [-0.3, -0.25) is 0 Å². The summed E-state index contributed by atoms with van der Waals surface area (Å²) in [5.41, 5.74) is 4.43. The summed E-state index contributed by atoms with van der Waals surface area (Å²) >= 11 is 0. The average Bonchev–Trinajstić information content (AvgIpc) is 3.46. The van der Waals surface area contributed by atoms with Crippen molar-refractivity contribution in [3.63, 3.8) is 0 Å². The molecule has 2 heterocycles. The van der Waals surface area contributed by atoms with Crippen LogP contribution < -0.4 is 0 Å². The monoisotopic (exact) mass is 523 g/mol. The van der Waals surface area contributed by atoms with Crippen LogP contribution in [0.25, 0.3) is 88.4 Å². The fraction of sp³-hybridized carbons (Fsp3) is 0. The summed E-state index contributed by atoms with van der Waals surface area (Å²) < 4.78 is 6.87. The van der Waals surface area contributed by atoms with Gasteiger partial charge in [0, 0.05) is 27.3 Å². The molecule has 0 N–H and O–H groups in total. The van der Waals surface area contributed by atoms with Crippen LogP contribution in [-0.4, -0.2) is 15.0 Å². The third-order valence-corrected chi connectivity index (χ3v) is 8.06. The van der Waals surface area contributed by atoms with Crippen molar-refractivity contribution >= 4 is 54.3 Å². The third kappa shape index (κ3) is 3.25. The van der Waals surface area contributed by atoms with Gasteiger partial charge < -0.3 is 4.42 Å². The van der Waals surface area contributed by atoms with E-state index in [4.69, 9.17) is 19.4 Å². The number of furan rings is 1. The van der Waals surface area contributed by atoms with Crippen molar-refractivity contribution in [3.8, 4) is 34.2 Å². The van der Waals surface area contributed by atoms with Crippen molar-refractivity contribution in [1.82, 2.24) is 15.0 Å². The van der Waals surface area contributed by atoms with Gasteiger partial charge in [0.05, 0.1) is 5.56 Å². The Bertz CT molecular complexity index is 2350. The van der Waals surface area contributed by atoms with Gasteiger partial charge >= 0.3 is 0 Å². The summed E-state index contributed by atoms with van der Waals surface area (Å²) in [6.45, 7) is 0. The Morgan fingerprint density at radius 1 is 0.390 bits per heavy atom. The summed E-state index contributed by atoms with van der Waals surface area (Å²) in [6, 6.07) is 43.8. The third-order valence-electron chi connectivity index (χ3n) is 8.06. The molecule has 0 aliphatic heterocycles. The fourth-order valence-electron chi connectivity index (χ4n) is 6.20. The molecule has 0 saturated heterocycles. The molecule has 190 valence electrons. The van der Waals surface area contributed by atoms with Crippen molar-refractivity contribution in [2.24, 2.45) is 0 Å². The highest BCUT2D eigenvalue weighted by Crippen LogP contribution is 2.47. The fourth-order valence-corrected chi connectivity index (χ4v) is 6.20. The molecule has 0 saturated carbocycles. The van der Waals surface area contributed by atoms with Crippen LogP contribution in [0.5, 0.6) is 0 Å². The standard InChI is InChI=1S/C37H21N3O/c1-3-11-22(12-4-1)35-38-36(23-13-5-2-6-14-23)40-37(39-35)29-20-19-28-26-17-9-10-18-27(26)30-21-24-15-7-8-16-25(24)33-32(30)31(28)34(29)41-33/h1-21H. The van der Waals surface area contributed by atoms with Gasteiger partial charge in [-0.2, -0.15) is 0 Å². The highest BCUT2D eigenvalue weighted by Gasteiger charge is 2.23. The summed E-state index contributed by atoms with van der Waals surface area (Å²) in [6.07, 6.45) is 0. The van der Waals surface area contributed by atoms with E-state index in [0.29, 0.717) is 17.5 Å². The Balaban J connectivity index is 1.42. The van der Waals surface area contributed by atoms with Gasteiger partial charge in [0.1, 0.15) is 11.2 Å². The molecule has 9 aromatic rings. The second-order valence-corrected chi connectivity index (χ2v) is 10.4. The van der Waals surface area contributed by atoms with Crippen molar-refractivity contribution < 1.29 is 4.42 Å². The zero-order valence-corrected chi connectivity index (χ0v) is 21.9. The van der Waals surface area contributed by atoms with Crippen molar-refractivity contribution in [2.45, 2.75) is 0 Å². The summed E-state index contributed by atoms with van der Waals surface area (Å²) in [5.74, 6) is 1.85. The van der Waals surface area contributed by atoms with Gasteiger partial charge in [-0.1, -0.05) is 115 Å². The topological polar surface area (TPSA) is 51.8 Å². The molecule has 41 heavy (non-hydrogen) atoms. The molecule has 0 unspecified atom stereocenters. The molecule has 0 fully saturated rings. The number of hydrogen-bond acceptors (Lipinski definition) is 4. The van der Waals surface area contributed by atoms with E-state index in [2.05, 4.69) is 66.7 Å². The first-order valence-electron chi connectivity index (χ1n) is 13.7. The van der Waals surface area contributed by atoms with Gasteiger partial charge in [0.15, 0.2) is 17.5 Å². The molecule has 2 aromatic heterocycles. The van der Waals surface area contributed by atoms with E-state index in [-0.39, 0.29) is 0 Å². The predicted molar refractivity (Wildman–Crippen MR) is 167 cm³/mol. The molecule has 9 rings (SSSR count). The molecule has 7 aromatic carbocycles.